The van der Waals surface area contributed by atoms with Crippen LogP contribution >= 0.6 is 0 Å². The maximum atomic E-state index is 12.8. The zero-order valence-electron chi connectivity index (χ0n) is 19.8. The second kappa shape index (κ2) is 10.8. The Morgan fingerprint density at radius 3 is 2.27 bits per heavy atom. The van der Waals surface area contributed by atoms with E-state index >= 15 is 0 Å². The van der Waals surface area contributed by atoms with Crippen LogP contribution < -0.4 is 5.32 Å². The second-order valence-electron chi connectivity index (χ2n) is 8.97. The smallest absolute Gasteiger partial charge is 0.247 e. The van der Waals surface area contributed by atoms with Crippen LogP contribution in [0.2, 0.25) is 0 Å². The summed E-state index contributed by atoms with van der Waals surface area (Å²) in [5, 5.41) is 7.68. The monoisotopic (exact) mass is 444 g/mol. The maximum absolute atomic E-state index is 12.8. The lowest BCUT2D eigenvalue weighted by atomic mass is 10.1. The molecule has 0 fully saturated rings. The van der Waals surface area contributed by atoms with Gasteiger partial charge in [0, 0.05) is 35.5 Å². The van der Waals surface area contributed by atoms with Gasteiger partial charge in [0.2, 0.25) is 11.8 Å². The summed E-state index contributed by atoms with van der Waals surface area (Å²) >= 11 is 0. The van der Waals surface area contributed by atoms with Crippen LogP contribution in [0.15, 0.2) is 72.9 Å². The lowest BCUT2D eigenvalue weighted by Gasteiger charge is -2.24. The Balaban J connectivity index is 1.81. The molecule has 0 unspecified atom stereocenters. The maximum Gasteiger partial charge on any atom is 0.247 e. The second-order valence-corrected chi connectivity index (χ2v) is 8.97. The van der Waals surface area contributed by atoms with Crippen LogP contribution in [-0.4, -0.2) is 45.1 Å². The van der Waals surface area contributed by atoms with E-state index in [0.29, 0.717) is 13.1 Å². The van der Waals surface area contributed by atoms with Gasteiger partial charge < -0.3 is 10.2 Å². The molecule has 0 radical (unpaired) electrons. The summed E-state index contributed by atoms with van der Waals surface area (Å²) in [5.41, 5.74) is 3.44. The fraction of sp³-hybridized carbons (Fsp3) is 0.296. The Bertz CT molecular complexity index is 1100. The number of hydrogen-bond acceptors (Lipinski definition) is 3. The summed E-state index contributed by atoms with van der Waals surface area (Å²) in [6, 6.07) is 20.0. The van der Waals surface area contributed by atoms with Crippen molar-refractivity contribution in [3.05, 3.63) is 84.1 Å². The first kappa shape index (κ1) is 24.0. The first-order chi connectivity index (χ1) is 15.7. The molecule has 6 nitrogen and oxygen atoms in total. The zero-order chi connectivity index (χ0) is 23.8. The molecule has 6 heteroatoms. The highest BCUT2D eigenvalue weighted by Crippen LogP contribution is 2.23. The average molecular weight is 445 g/mol. The fourth-order valence-electron chi connectivity index (χ4n) is 3.47. The Hall–Kier alpha value is -3.67. The molecule has 1 heterocycles. The summed E-state index contributed by atoms with van der Waals surface area (Å²) in [7, 11) is 0. The van der Waals surface area contributed by atoms with Crippen molar-refractivity contribution in [3.8, 4) is 11.3 Å². The lowest BCUT2D eigenvalue weighted by Crippen LogP contribution is -2.47. The normalized spacial score (nSPS) is 11.5. The summed E-state index contributed by atoms with van der Waals surface area (Å²) in [4.78, 5) is 26.6. The summed E-state index contributed by atoms with van der Waals surface area (Å²) in [6.07, 6.45) is 5.25. The van der Waals surface area contributed by atoms with Gasteiger partial charge in [0.1, 0.15) is 0 Å². The van der Waals surface area contributed by atoms with Crippen LogP contribution in [0, 0.1) is 0 Å². The van der Waals surface area contributed by atoms with Gasteiger partial charge in [-0.05, 0) is 39.3 Å². The molecule has 1 N–H and O–H groups in total. The number of benzene rings is 2. The Kier molecular flexibility index (Phi) is 7.83. The van der Waals surface area contributed by atoms with Crippen molar-refractivity contribution in [2.24, 2.45) is 0 Å². The molecule has 0 saturated carbocycles. The molecule has 0 saturated heterocycles. The molecule has 0 aliphatic carbocycles. The van der Waals surface area contributed by atoms with Crippen LogP contribution in [0.3, 0.4) is 0 Å². The van der Waals surface area contributed by atoms with Gasteiger partial charge in [-0.3, -0.25) is 14.3 Å². The third-order valence-corrected chi connectivity index (χ3v) is 4.97. The first-order valence-electron chi connectivity index (χ1n) is 11.2. The van der Waals surface area contributed by atoms with Crippen molar-refractivity contribution in [1.82, 2.24) is 20.0 Å². The number of aromatic nitrogens is 2. The van der Waals surface area contributed by atoms with Crippen molar-refractivity contribution in [1.29, 1.82) is 0 Å². The number of likely N-dealkylation sites (N-methyl/N-ethyl adjacent to an activating group) is 1. The van der Waals surface area contributed by atoms with Gasteiger partial charge >= 0.3 is 0 Å². The molecule has 3 aromatic rings. The number of hydrogen-bond donors (Lipinski definition) is 1. The molecule has 0 bridgehead atoms. The third kappa shape index (κ3) is 7.17. The van der Waals surface area contributed by atoms with E-state index in [2.05, 4.69) is 17.4 Å². The number of nitrogens with one attached hydrogen (secondary N) is 1. The van der Waals surface area contributed by atoms with E-state index in [4.69, 9.17) is 5.10 Å². The van der Waals surface area contributed by atoms with Crippen molar-refractivity contribution >= 4 is 17.9 Å². The average Bonchev–Trinajstić information content (AvgIpc) is 3.18. The van der Waals surface area contributed by atoms with Gasteiger partial charge in [0.25, 0.3) is 0 Å². The van der Waals surface area contributed by atoms with Crippen LogP contribution in [-0.2, 0) is 16.1 Å². The topological polar surface area (TPSA) is 67.2 Å². The van der Waals surface area contributed by atoms with E-state index in [0.717, 1.165) is 22.4 Å². The fourth-order valence-corrected chi connectivity index (χ4v) is 3.47. The minimum absolute atomic E-state index is 0.0236. The lowest BCUT2D eigenvalue weighted by molar-refractivity contribution is -0.132. The van der Waals surface area contributed by atoms with Crippen molar-refractivity contribution in [3.63, 3.8) is 0 Å². The van der Waals surface area contributed by atoms with Crippen LogP contribution in [0.1, 0.15) is 38.8 Å². The number of amides is 2. The van der Waals surface area contributed by atoms with Crippen molar-refractivity contribution in [2.75, 3.05) is 13.1 Å². The summed E-state index contributed by atoms with van der Waals surface area (Å²) in [5.74, 6) is -0.386. The number of carbonyl (C=O) groups excluding carboxylic acids is 2. The van der Waals surface area contributed by atoms with Gasteiger partial charge in [-0.15, -0.1) is 0 Å². The Morgan fingerprint density at radius 2 is 1.67 bits per heavy atom. The minimum Gasteiger partial charge on any atom is -0.350 e. The highest BCUT2D eigenvalue weighted by Gasteiger charge is 2.18. The van der Waals surface area contributed by atoms with Crippen LogP contribution in [0.4, 0.5) is 0 Å². The SMILES string of the molecule is CCN(CC(=O)NC(C)(C)C)C(=O)C=Cc1cn(Cc2ccccc2)nc1-c1ccccc1. The van der Waals surface area contributed by atoms with E-state index < -0.39 is 0 Å². The van der Waals surface area contributed by atoms with E-state index in [1.807, 2.05) is 87.1 Å². The molecular weight excluding hydrogens is 412 g/mol. The molecule has 2 amide bonds. The first-order valence-corrected chi connectivity index (χ1v) is 11.2. The Morgan fingerprint density at radius 1 is 1.03 bits per heavy atom. The van der Waals surface area contributed by atoms with Crippen LogP contribution in [0.25, 0.3) is 17.3 Å². The predicted molar refractivity (Wildman–Crippen MR) is 132 cm³/mol. The molecule has 1 aromatic heterocycles. The van der Waals surface area contributed by atoms with Crippen molar-refractivity contribution in [2.45, 2.75) is 39.8 Å². The van der Waals surface area contributed by atoms with Gasteiger partial charge in [0.05, 0.1) is 18.8 Å². The van der Waals surface area contributed by atoms with Gasteiger partial charge in [-0.1, -0.05) is 60.7 Å². The Labute approximate surface area is 195 Å². The van der Waals surface area contributed by atoms with Crippen molar-refractivity contribution < 1.29 is 9.59 Å². The number of rotatable bonds is 8. The third-order valence-electron chi connectivity index (χ3n) is 4.97. The van der Waals surface area contributed by atoms with E-state index in [1.54, 1.807) is 6.08 Å². The highest BCUT2D eigenvalue weighted by molar-refractivity contribution is 5.95. The molecule has 33 heavy (non-hydrogen) atoms. The molecule has 0 spiro atoms. The van der Waals surface area contributed by atoms with Gasteiger partial charge in [-0.25, -0.2) is 0 Å². The highest BCUT2D eigenvalue weighted by atomic mass is 16.2. The van der Waals surface area contributed by atoms with E-state index in [-0.39, 0.29) is 23.9 Å². The number of carbonyl (C=O) groups is 2. The zero-order valence-corrected chi connectivity index (χ0v) is 19.8. The van der Waals surface area contributed by atoms with Crippen LogP contribution in [0.5, 0.6) is 0 Å². The molecule has 2 aromatic carbocycles. The van der Waals surface area contributed by atoms with E-state index in [1.165, 1.54) is 11.0 Å². The van der Waals surface area contributed by atoms with Gasteiger partial charge in [0.15, 0.2) is 0 Å². The standard InChI is InChI=1S/C27H32N4O2/c1-5-30(20-24(32)28-27(2,3)4)25(33)17-16-23-19-31(18-21-12-8-6-9-13-21)29-26(23)22-14-10-7-11-15-22/h6-17,19H,5,18,20H2,1-4H3,(H,28,32). The molecule has 0 aliphatic heterocycles. The predicted octanol–water partition coefficient (Wildman–Crippen LogP) is 4.37. The largest absolute Gasteiger partial charge is 0.350 e. The summed E-state index contributed by atoms with van der Waals surface area (Å²) < 4.78 is 1.89. The molecule has 3 rings (SSSR count). The molecule has 0 atom stereocenters. The van der Waals surface area contributed by atoms with Gasteiger partial charge in [-0.2, -0.15) is 5.10 Å². The van der Waals surface area contributed by atoms with E-state index in [9.17, 15) is 9.59 Å². The summed E-state index contributed by atoms with van der Waals surface area (Å²) in [6.45, 7) is 8.72. The molecular formula is C27H32N4O2. The quantitative estimate of drug-likeness (QED) is 0.525. The minimum atomic E-state index is -0.340. The molecule has 172 valence electrons. The number of nitrogens with zero attached hydrogens (tertiary/aromatic N) is 3. The molecule has 0 aliphatic rings.